The van der Waals surface area contributed by atoms with Gasteiger partial charge in [-0.1, -0.05) is 30.3 Å². The number of rotatable bonds is 6. The number of carbonyl (C=O) groups is 1. The molecule has 1 fully saturated rings. The first-order valence-corrected chi connectivity index (χ1v) is 5.90. The average Bonchev–Trinajstić information content (AvgIpc) is 3.09. The summed E-state index contributed by atoms with van der Waals surface area (Å²) in [6.07, 6.45) is 1.59. The number of nitrogens with two attached hydrogens (primary N) is 1. The highest BCUT2D eigenvalue weighted by molar-refractivity contribution is 5.88. The molecular weight excluding hydrogens is 216 g/mol. The number of amides is 1. The van der Waals surface area contributed by atoms with E-state index in [0.29, 0.717) is 19.8 Å². The molecule has 92 valence electrons. The largest absolute Gasteiger partial charge is 0.375 e. The summed E-state index contributed by atoms with van der Waals surface area (Å²) in [6, 6.07) is 9.95. The first-order chi connectivity index (χ1) is 8.21. The van der Waals surface area contributed by atoms with E-state index in [9.17, 15) is 4.79 Å². The van der Waals surface area contributed by atoms with Crippen molar-refractivity contribution in [3.63, 3.8) is 0 Å². The van der Waals surface area contributed by atoms with Crippen LogP contribution in [-0.4, -0.2) is 24.6 Å². The Morgan fingerprint density at radius 3 is 2.71 bits per heavy atom. The number of hydrogen-bond acceptors (Lipinski definition) is 3. The Kier molecular flexibility index (Phi) is 3.76. The fraction of sp³-hybridized carbons (Fsp3) is 0.462. The molecule has 17 heavy (non-hydrogen) atoms. The van der Waals surface area contributed by atoms with Crippen molar-refractivity contribution >= 4 is 5.91 Å². The van der Waals surface area contributed by atoms with E-state index >= 15 is 0 Å². The Hall–Kier alpha value is -1.39. The lowest BCUT2D eigenvalue weighted by molar-refractivity contribution is -0.123. The van der Waals surface area contributed by atoms with Crippen molar-refractivity contribution in [3.05, 3.63) is 35.9 Å². The second-order valence-electron chi connectivity index (χ2n) is 4.45. The third kappa shape index (κ3) is 3.54. The fourth-order valence-electron chi connectivity index (χ4n) is 1.54. The first-order valence-electron chi connectivity index (χ1n) is 5.90. The normalized spacial score (nSPS) is 16.5. The zero-order valence-corrected chi connectivity index (χ0v) is 9.82. The van der Waals surface area contributed by atoms with Crippen molar-refractivity contribution in [2.24, 2.45) is 5.73 Å². The van der Waals surface area contributed by atoms with E-state index in [1.165, 1.54) is 0 Å². The highest BCUT2D eigenvalue weighted by atomic mass is 16.5. The van der Waals surface area contributed by atoms with E-state index in [2.05, 4.69) is 5.32 Å². The molecule has 1 saturated carbocycles. The SMILES string of the molecule is NC1(C(=O)NCCOCc2ccccc2)CC1. The van der Waals surface area contributed by atoms with Crippen molar-refractivity contribution in [1.82, 2.24) is 5.32 Å². The van der Waals surface area contributed by atoms with Crippen molar-refractivity contribution in [2.45, 2.75) is 25.0 Å². The predicted octanol–water partition coefficient (Wildman–Crippen LogP) is 0.811. The molecule has 0 saturated heterocycles. The number of ether oxygens (including phenoxy) is 1. The van der Waals surface area contributed by atoms with Crippen LogP contribution in [0.25, 0.3) is 0 Å². The van der Waals surface area contributed by atoms with E-state index < -0.39 is 5.54 Å². The molecule has 3 N–H and O–H groups in total. The molecular formula is C13H18N2O2. The smallest absolute Gasteiger partial charge is 0.240 e. The van der Waals surface area contributed by atoms with Gasteiger partial charge in [-0.05, 0) is 18.4 Å². The van der Waals surface area contributed by atoms with Gasteiger partial charge in [0, 0.05) is 6.54 Å². The standard InChI is InChI=1S/C13H18N2O2/c14-13(6-7-13)12(16)15-8-9-17-10-11-4-2-1-3-5-11/h1-5H,6-10,14H2,(H,15,16). The van der Waals surface area contributed by atoms with Crippen LogP contribution >= 0.6 is 0 Å². The van der Waals surface area contributed by atoms with Crippen LogP contribution in [0.15, 0.2) is 30.3 Å². The summed E-state index contributed by atoms with van der Waals surface area (Å²) in [5.74, 6) is -0.0548. The monoisotopic (exact) mass is 234 g/mol. The molecule has 2 rings (SSSR count). The molecule has 4 heteroatoms. The second-order valence-corrected chi connectivity index (χ2v) is 4.45. The van der Waals surface area contributed by atoms with E-state index in [1.807, 2.05) is 30.3 Å². The summed E-state index contributed by atoms with van der Waals surface area (Å²) < 4.78 is 5.45. The lowest BCUT2D eigenvalue weighted by Crippen LogP contribution is -2.43. The highest BCUT2D eigenvalue weighted by Crippen LogP contribution is 2.31. The van der Waals surface area contributed by atoms with Crippen LogP contribution in [0.5, 0.6) is 0 Å². The van der Waals surface area contributed by atoms with E-state index in [-0.39, 0.29) is 5.91 Å². The van der Waals surface area contributed by atoms with Crippen LogP contribution in [-0.2, 0) is 16.1 Å². The van der Waals surface area contributed by atoms with Crippen molar-refractivity contribution < 1.29 is 9.53 Å². The number of hydrogen-bond donors (Lipinski definition) is 2. The molecule has 1 aromatic carbocycles. The van der Waals surface area contributed by atoms with E-state index in [4.69, 9.17) is 10.5 Å². The molecule has 0 bridgehead atoms. The molecule has 4 nitrogen and oxygen atoms in total. The third-order valence-corrected chi connectivity index (χ3v) is 2.88. The highest BCUT2D eigenvalue weighted by Gasteiger charge is 2.45. The number of carbonyl (C=O) groups excluding carboxylic acids is 1. The lowest BCUT2D eigenvalue weighted by atomic mass is 10.2. The van der Waals surface area contributed by atoms with Gasteiger partial charge in [-0.2, -0.15) is 0 Å². The Bertz CT molecular complexity index is 374. The maximum Gasteiger partial charge on any atom is 0.240 e. The van der Waals surface area contributed by atoms with Crippen LogP contribution < -0.4 is 11.1 Å². The first kappa shape index (κ1) is 12.1. The van der Waals surface area contributed by atoms with Gasteiger partial charge in [-0.25, -0.2) is 0 Å². The Balaban J connectivity index is 1.56. The molecule has 1 aliphatic carbocycles. The van der Waals surface area contributed by atoms with Crippen LogP contribution in [0.1, 0.15) is 18.4 Å². The van der Waals surface area contributed by atoms with Crippen molar-refractivity contribution in [1.29, 1.82) is 0 Å². The van der Waals surface area contributed by atoms with E-state index in [1.54, 1.807) is 0 Å². The van der Waals surface area contributed by atoms with Crippen molar-refractivity contribution in [3.8, 4) is 0 Å². The molecule has 0 radical (unpaired) electrons. The van der Waals surface area contributed by atoms with Gasteiger partial charge >= 0.3 is 0 Å². The third-order valence-electron chi connectivity index (χ3n) is 2.88. The minimum absolute atomic E-state index is 0.0548. The van der Waals surface area contributed by atoms with Gasteiger partial charge in [0.15, 0.2) is 0 Å². The summed E-state index contributed by atoms with van der Waals surface area (Å²) >= 11 is 0. The number of nitrogens with one attached hydrogen (secondary N) is 1. The van der Waals surface area contributed by atoms with Gasteiger partial charge < -0.3 is 15.8 Å². The molecule has 0 unspecified atom stereocenters. The molecule has 0 aromatic heterocycles. The van der Waals surface area contributed by atoms with Crippen LogP contribution in [0.4, 0.5) is 0 Å². The topological polar surface area (TPSA) is 64.4 Å². The van der Waals surface area contributed by atoms with Gasteiger partial charge in [0.25, 0.3) is 0 Å². The Morgan fingerprint density at radius 1 is 1.35 bits per heavy atom. The molecule has 1 aromatic rings. The molecule has 1 amide bonds. The Labute approximate surface area is 101 Å². The van der Waals surface area contributed by atoms with Crippen molar-refractivity contribution in [2.75, 3.05) is 13.2 Å². The maximum atomic E-state index is 11.5. The van der Waals surface area contributed by atoms with Crippen LogP contribution in [0.2, 0.25) is 0 Å². The summed E-state index contributed by atoms with van der Waals surface area (Å²) in [5.41, 5.74) is 6.29. The molecule has 0 aliphatic heterocycles. The summed E-state index contributed by atoms with van der Waals surface area (Å²) in [6.45, 7) is 1.60. The summed E-state index contributed by atoms with van der Waals surface area (Å²) in [4.78, 5) is 11.5. The second kappa shape index (κ2) is 5.29. The van der Waals surface area contributed by atoms with E-state index in [0.717, 1.165) is 18.4 Å². The molecule has 0 atom stereocenters. The van der Waals surface area contributed by atoms with Gasteiger partial charge in [0.05, 0.1) is 18.8 Å². The summed E-state index contributed by atoms with van der Waals surface area (Å²) in [7, 11) is 0. The quantitative estimate of drug-likeness (QED) is 0.716. The molecule has 0 spiro atoms. The fourth-order valence-corrected chi connectivity index (χ4v) is 1.54. The molecule has 0 heterocycles. The zero-order chi connectivity index (χ0) is 12.1. The minimum Gasteiger partial charge on any atom is -0.375 e. The van der Waals surface area contributed by atoms with Crippen LogP contribution in [0, 0.1) is 0 Å². The van der Waals surface area contributed by atoms with Gasteiger partial charge in [-0.15, -0.1) is 0 Å². The Morgan fingerprint density at radius 2 is 2.06 bits per heavy atom. The zero-order valence-electron chi connectivity index (χ0n) is 9.82. The molecule has 1 aliphatic rings. The van der Waals surface area contributed by atoms with Gasteiger partial charge in [-0.3, -0.25) is 4.79 Å². The average molecular weight is 234 g/mol. The summed E-state index contributed by atoms with van der Waals surface area (Å²) in [5, 5.41) is 2.78. The van der Waals surface area contributed by atoms with Crippen LogP contribution in [0.3, 0.4) is 0 Å². The number of benzene rings is 1. The van der Waals surface area contributed by atoms with Gasteiger partial charge in [0.1, 0.15) is 0 Å². The van der Waals surface area contributed by atoms with Gasteiger partial charge in [0.2, 0.25) is 5.91 Å². The minimum atomic E-state index is -0.584. The maximum absolute atomic E-state index is 11.5. The lowest BCUT2D eigenvalue weighted by Gasteiger charge is -2.10. The predicted molar refractivity (Wildman–Crippen MR) is 65.3 cm³/mol.